The molecule has 0 unspecified atom stereocenters. The van der Waals surface area contributed by atoms with E-state index in [0.717, 1.165) is 18.7 Å². The molecule has 19 heavy (non-hydrogen) atoms. The Morgan fingerprint density at radius 3 is 2.42 bits per heavy atom. The molecule has 0 saturated carbocycles. The number of halogens is 1. The topological polar surface area (TPSA) is 62.7 Å². The minimum absolute atomic E-state index is 0.170. The molecule has 0 amide bonds. The molecule has 6 heteroatoms. The number of nitrogens with one attached hydrogen (secondary N) is 2. The molecule has 2 N–H and O–H groups in total. The van der Waals surface area contributed by atoms with Gasteiger partial charge in [-0.05, 0) is 37.1 Å². The lowest BCUT2D eigenvalue weighted by atomic mass is 10.2. The van der Waals surface area contributed by atoms with Crippen LogP contribution in [0.4, 0.5) is 17.6 Å². The van der Waals surface area contributed by atoms with Crippen LogP contribution in [0.2, 0.25) is 5.28 Å². The maximum absolute atomic E-state index is 5.88. The van der Waals surface area contributed by atoms with E-state index in [-0.39, 0.29) is 5.28 Å². The summed E-state index contributed by atoms with van der Waals surface area (Å²) in [5, 5.41) is 6.36. The highest BCUT2D eigenvalue weighted by Crippen LogP contribution is 2.16. The quantitative estimate of drug-likeness (QED) is 0.877. The molecule has 1 aromatic heterocycles. The summed E-state index contributed by atoms with van der Waals surface area (Å²) in [6.07, 6.45) is 0.990. The normalized spacial score (nSPS) is 10.3. The number of anilines is 3. The number of hydrogen-bond donors (Lipinski definition) is 2. The smallest absolute Gasteiger partial charge is 0.233 e. The highest BCUT2D eigenvalue weighted by molar-refractivity contribution is 6.28. The van der Waals surface area contributed by atoms with Gasteiger partial charge in [-0.3, -0.25) is 0 Å². The molecular weight excluding hydrogens is 262 g/mol. The van der Waals surface area contributed by atoms with Crippen LogP contribution in [0.25, 0.3) is 0 Å². The fraction of sp³-hybridized carbons (Fsp3) is 0.308. The van der Waals surface area contributed by atoms with E-state index in [1.54, 1.807) is 0 Å². The van der Waals surface area contributed by atoms with Crippen LogP contribution in [0.3, 0.4) is 0 Å². The summed E-state index contributed by atoms with van der Waals surface area (Å²) in [4.78, 5) is 12.3. The first-order valence-electron chi connectivity index (χ1n) is 6.16. The van der Waals surface area contributed by atoms with Crippen LogP contribution in [-0.4, -0.2) is 21.5 Å². The molecule has 0 fully saturated rings. The van der Waals surface area contributed by atoms with Gasteiger partial charge in [-0.1, -0.05) is 24.6 Å². The van der Waals surface area contributed by atoms with Gasteiger partial charge >= 0.3 is 0 Å². The van der Waals surface area contributed by atoms with Gasteiger partial charge in [0, 0.05) is 12.2 Å². The highest BCUT2D eigenvalue weighted by atomic mass is 35.5. The zero-order valence-corrected chi connectivity index (χ0v) is 11.7. The average molecular weight is 278 g/mol. The minimum atomic E-state index is 0.170. The van der Waals surface area contributed by atoms with Crippen molar-refractivity contribution < 1.29 is 0 Å². The molecule has 0 aliphatic rings. The van der Waals surface area contributed by atoms with Crippen molar-refractivity contribution in [2.75, 3.05) is 17.2 Å². The predicted octanol–water partition coefficient (Wildman–Crippen LogP) is 3.40. The first kappa shape index (κ1) is 13.5. The first-order valence-corrected chi connectivity index (χ1v) is 6.54. The molecular formula is C13H16ClN5. The van der Waals surface area contributed by atoms with Crippen molar-refractivity contribution >= 4 is 29.2 Å². The van der Waals surface area contributed by atoms with Gasteiger partial charge in [0.15, 0.2) is 0 Å². The second-order valence-electron chi connectivity index (χ2n) is 4.17. The van der Waals surface area contributed by atoms with E-state index in [9.17, 15) is 0 Å². The fourth-order valence-electron chi connectivity index (χ4n) is 1.49. The van der Waals surface area contributed by atoms with Gasteiger partial charge in [0.05, 0.1) is 0 Å². The predicted molar refractivity (Wildman–Crippen MR) is 78.1 cm³/mol. The van der Waals surface area contributed by atoms with Crippen molar-refractivity contribution in [2.45, 2.75) is 20.3 Å². The number of hydrogen-bond acceptors (Lipinski definition) is 5. The molecule has 0 spiro atoms. The Morgan fingerprint density at radius 1 is 1.05 bits per heavy atom. The Bertz CT molecular complexity index is 541. The largest absolute Gasteiger partial charge is 0.354 e. The molecule has 2 rings (SSSR count). The zero-order valence-electron chi connectivity index (χ0n) is 10.9. The van der Waals surface area contributed by atoms with Gasteiger partial charge in [-0.15, -0.1) is 0 Å². The minimum Gasteiger partial charge on any atom is -0.354 e. The van der Waals surface area contributed by atoms with E-state index in [1.807, 2.05) is 31.2 Å². The van der Waals surface area contributed by atoms with Crippen LogP contribution in [0, 0.1) is 6.92 Å². The number of aryl methyl sites for hydroxylation is 1. The standard InChI is InChI=1S/C13H16ClN5/c1-3-8-15-12-17-11(14)18-13(19-12)16-10-6-4-9(2)5-7-10/h4-7H,3,8H2,1-2H3,(H2,15,16,17,18,19). The SMILES string of the molecule is CCCNc1nc(Cl)nc(Nc2ccc(C)cc2)n1. The third-order valence-corrected chi connectivity index (χ3v) is 2.62. The average Bonchev–Trinajstić information content (AvgIpc) is 2.38. The van der Waals surface area contributed by atoms with Crippen LogP contribution >= 0.6 is 11.6 Å². The van der Waals surface area contributed by atoms with Crippen LogP contribution in [-0.2, 0) is 0 Å². The van der Waals surface area contributed by atoms with E-state index in [1.165, 1.54) is 5.56 Å². The number of benzene rings is 1. The summed E-state index contributed by atoms with van der Waals surface area (Å²) < 4.78 is 0. The summed E-state index contributed by atoms with van der Waals surface area (Å²) in [6.45, 7) is 4.90. The van der Waals surface area contributed by atoms with Crippen LogP contribution in [0.1, 0.15) is 18.9 Å². The summed E-state index contributed by atoms with van der Waals surface area (Å²) in [7, 11) is 0. The van der Waals surface area contributed by atoms with Crippen molar-refractivity contribution in [1.29, 1.82) is 0 Å². The number of aromatic nitrogens is 3. The summed E-state index contributed by atoms with van der Waals surface area (Å²) in [5.41, 5.74) is 2.11. The van der Waals surface area contributed by atoms with Crippen molar-refractivity contribution in [3.63, 3.8) is 0 Å². The lowest BCUT2D eigenvalue weighted by Gasteiger charge is -2.08. The van der Waals surface area contributed by atoms with Crippen LogP contribution < -0.4 is 10.6 Å². The Hall–Kier alpha value is -1.88. The zero-order chi connectivity index (χ0) is 13.7. The second kappa shape index (κ2) is 6.33. The van der Waals surface area contributed by atoms with Gasteiger partial charge < -0.3 is 10.6 Å². The molecule has 0 radical (unpaired) electrons. The third kappa shape index (κ3) is 4.06. The first-order chi connectivity index (χ1) is 9.17. The van der Waals surface area contributed by atoms with Crippen molar-refractivity contribution in [3.8, 4) is 0 Å². The number of nitrogens with zero attached hydrogens (tertiary/aromatic N) is 3. The van der Waals surface area contributed by atoms with E-state index in [0.29, 0.717) is 11.9 Å². The fourth-order valence-corrected chi connectivity index (χ4v) is 1.65. The number of rotatable bonds is 5. The van der Waals surface area contributed by atoms with Gasteiger partial charge in [0.1, 0.15) is 0 Å². The maximum atomic E-state index is 5.88. The van der Waals surface area contributed by atoms with E-state index in [2.05, 4.69) is 32.5 Å². The molecule has 0 atom stereocenters. The lowest BCUT2D eigenvalue weighted by molar-refractivity contribution is 0.940. The molecule has 0 saturated heterocycles. The van der Waals surface area contributed by atoms with Crippen molar-refractivity contribution in [1.82, 2.24) is 15.0 Å². The molecule has 1 heterocycles. The Morgan fingerprint density at radius 2 is 1.74 bits per heavy atom. The Labute approximate surface area is 117 Å². The molecule has 0 bridgehead atoms. The molecule has 100 valence electrons. The summed E-state index contributed by atoms with van der Waals surface area (Å²) in [5.74, 6) is 0.916. The monoisotopic (exact) mass is 277 g/mol. The maximum Gasteiger partial charge on any atom is 0.233 e. The molecule has 0 aliphatic carbocycles. The second-order valence-corrected chi connectivity index (χ2v) is 4.51. The van der Waals surface area contributed by atoms with Gasteiger partial charge in [-0.25, -0.2) is 0 Å². The Balaban J connectivity index is 2.15. The molecule has 5 nitrogen and oxygen atoms in total. The van der Waals surface area contributed by atoms with Crippen LogP contribution in [0.5, 0.6) is 0 Å². The van der Waals surface area contributed by atoms with Gasteiger partial charge in [-0.2, -0.15) is 15.0 Å². The molecule has 1 aromatic carbocycles. The van der Waals surface area contributed by atoms with Crippen LogP contribution in [0.15, 0.2) is 24.3 Å². The van der Waals surface area contributed by atoms with Gasteiger partial charge in [0.2, 0.25) is 17.2 Å². The van der Waals surface area contributed by atoms with Gasteiger partial charge in [0.25, 0.3) is 0 Å². The Kier molecular flexibility index (Phi) is 4.52. The summed E-state index contributed by atoms with van der Waals surface area (Å²) in [6, 6.07) is 7.96. The van der Waals surface area contributed by atoms with Crippen molar-refractivity contribution in [3.05, 3.63) is 35.1 Å². The summed E-state index contributed by atoms with van der Waals surface area (Å²) >= 11 is 5.88. The molecule has 2 aromatic rings. The van der Waals surface area contributed by atoms with E-state index < -0.39 is 0 Å². The van der Waals surface area contributed by atoms with E-state index >= 15 is 0 Å². The molecule has 0 aliphatic heterocycles. The van der Waals surface area contributed by atoms with Crippen molar-refractivity contribution in [2.24, 2.45) is 0 Å². The van der Waals surface area contributed by atoms with E-state index in [4.69, 9.17) is 11.6 Å². The lowest BCUT2D eigenvalue weighted by Crippen LogP contribution is -2.07. The highest BCUT2D eigenvalue weighted by Gasteiger charge is 2.04. The third-order valence-electron chi connectivity index (χ3n) is 2.45.